The van der Waals surface area contributed by atoms with E-state index in [1.807, 2.05) is 78.9 Å². The molecule has 0 fully saturated rings. The predicted octanol–water partition coefficient (Wildman–Crippen LogP) is 4.37. The zero-order valence-electron chi connectivity index (χ0n) is 10.7. The second-order valence-electron chi connectivity index (χ2n) is 4.26. The average molecular weight is 248 g/mol. The number of rotatable bonds is 5. The van der Waals surface area contributed by atoms with E-state index in [0.717, 1.165) is 23.0 Å². The molecule has 2 rings (SSSR count). The largest absolute Gasteiger partial charge is 0.298 e. The van der Waals surface area contributed by atoms with Gasteiger partial charge in [0.2, 0.25) is 0 Å². The van der Waals surface area contributed by atoms with Crippen LogP contribution in [-0.2, 0) is 4.79 Å². The molecular weight excluding hydrogens is 232 g/mol. The van der Waals surface area contributed by atoms with Crippen molar-refractivity contribution in [2.45, 2.75) is 6.42 Å². The number of benzene rings is 2. The van der Waals surface area contributed by atoms with Crippen molar-refractivity contribution in [2.24, 2.45) is 0 Å². The van der Waals surface area contributed by atoms with Crippen LogP contribution < -0.4 is 0 Å². The lowest BCUT2D eigenvalue weighted by atomic mass is 10.1. The Hall–Kier alpha value is -2.41. The maximum absolute atomic E-state index is 11.0. The Morgan fingerprint density at radius 3 is 2.00 bits per heavy atom. The molecule has 0 heterocycles. The summed E-state index contributed by atoms with van der Waals surface area (Å²) >= 11 is 0. The molecule has 0 N–H and O–H groups in total. The summed E-state index contributed by atoms with van der Waals surface area (Å²) in [5, 5.41) is 0. The quantitative estimate of drug-likeness (QED) is 0.567. The van der Waals surface area contributed by atoms with Gasteiger partial charge in [0.1, 0.15) is 6.29 Å². The highest BCUT2D eigenvalue weighted by Gasteiger charge is 1.93. The van der Waals surface area contributed by atoms with Crippen LogP contribution in [0.5, 0.6) is 0 Å². The minimum atomic E-state index is 0.646. The zero-order valence-corrected chi connectivity index (χ0v) is 10.7. The fourth-order valence-corrected chi connectivity index (χ4v) is 1.80. The van der Waals surface area contributed by atoms with Gasteiger partial charge in [0.15, 0.2) is 0 Å². The number of carbonyl (C=O) groups is 1. The number of hydrogen-bond donors (Lipinski definition) is 0. The predicted molar refractivity (Wildman–Crippen MR) is 80.6 cm³/mol. The van der Waals surface area contributed by atoms with Crippen molar-refractivity contribution >= 4 is 18.4 Å². The minimum Gasteiger partial charge on any atom is -0.298 e. The summed E-state index contributed by atoms with van der Waals surface area (Å²) in [6, 6.07) is 19.9. The second kappa shape index (κ2) is 7.12. The third-order valence-electron chi connectivity index (χ3n) is 2.77. The van der Waals surface area contributed by atoms with Gasteiger partial charge in [-0.05, 0) is 29.2 Å². The van der Waals surface area contributed by atoms with E-state index < -0.39 is 0 Å². The Kier molecular flexibility index (Phi) is 4.88. The molecule has 0 aliphatic carbocycles. The number of carbonyl (C=O) groups excluding carboxylic acids is 1. The van der Waals surface area contributed by atoms with E-state index in [2.05, 4.69) is 0 Å². The maximum Gasteiger partial charge on any atom is 0.146 e. The molecule has 0 radical (unpaired) electrons. The van der Waals surface area contributed by atoms with E-state index in [-0.39, 0.29) is 0 Å². The van der Waals surface area contributed by atoms with Gasteiger partial charge in [0, 0.05) is 0 Å². The van der Waals surface area contributed by atoms with Crippen LogP contribution in [0.1, 0.15) is 17.5 Å². The molecule has 0 aliphatic rings. The van der Waals surface area contributed by atoms with Crippen molar-refractivity contribution in [2.75, 3.05) is 0 Å². The molecule has 2 aromatic carbocycles. The Labute approximate surface area is 113 Å². The Bertz CT molecular complexity index is 565. The molecule has 0 bridgehead atoms. The van der Waals surface area contributed by atoms with E-state index in [9.17, 15) is 4.79 Å². The maximum atomic E-state index is 11.0. The van der Waals surface area contributed by atoms with Crippen LogP contribution >= 0.6 is 0 Å². The molecule has 1 nitrogen and oxygen atoms in total. The molecule has 0 saturated carbocycles. The molecule has 0 saturated heterocycles. The van der Waals surface area contributed by atoms with Gasteiger partial charge in [-0.1, -0.05) is 72.8 Å². The second-order valence-corrected chi connectivity index (χ2v) is 4.26. The topological polar surface area (TPSA) is 17.1 Å². The van der Waals surface area contributed by atoms with Crippen LogP contribution in [0.15, 0.2) is 72.3 Å². The fraction of sp³-hybridized carbons (Fsp3) is 0.0556. The summed E-state index contributed by atoms with van der Waals surface area (Å²) in [4.78, 5) is 11.0. The van der Waals surface area contributed by atoms with Crippen molar-refractivity contribution in [3.05, 3.63) is 83.4 Å². The standard InChI is InChI=1S/C18H16O/c19-15-18(14-17-10-5-2-6-11-17)13-7-12-16-8-3-1-4-9-16/h1-12,14-15H,13H2. The average Bonchev–Trinajstić information content (AvgIpc) is 2.48. The SMILES string of the molecule is O=CC(=Cc1ccccc1)CC=Cc1ccccc1. The van der Waals surface area contributed by atoms with E-state index >= 15 is 0 Å². The molecule has 94 valence electrons. The minimum absolute atomic E-state index is 0.646. The first kappa shape index (κ1) is 13.0. The molecular formula is C18H16O. The number of aldehydes is 1. The van der Waals surface area contributed by atoms with E-state index in [4.69, 9.17) is 0 Å². The first-order valence-corrected chi connectivity index (χ1v) is 6.31. The molecule has 0 amide bonds. The van der Waals surface area contributed by atoms with Gasteiger partial charge in [0.05, 0.1) is 0 Å². The normalized spacial score (nSPS) is 11.7. The lowest BCUT2D eigenvalue weighted by molar-refractivity contribution is -0.104. The lowest BCUT2D eigenvalue weighted by Crippen LogP contribution is -1.83. The molecule has 0 atom stereocenters. The van der Waals surface area contributed by atoms with Gasteiger partial charge < -0.3 is 0 Å². The Balaban J connectivity index is 2.02. The van der Waals surface area contributed by atoms with Crippen LogP contribution in [0, 0.1) is 0 Å². The van der Waals surface area contributed by atoms with Gasteiger partial charge >= 0.3 is 0 Å². The van der Waals surface area contributed by atoms with Crippen molar-refractivity contribution in [1.82, 2.24) is 0 Å². The molecule has 1 heteroatoms. The molecule has 0 spiro atoms. The van der Waals surface area contributed by atoms with Gasteiger partial charge in [0.25, 0.3) is 0 Å². The fourth-order valence-electron chi connectivity index (χ4n) is 1.80. The van der Waals surface area contributed by atoms with Gasteiger partial charge in [-0.15, -0.1) is 0 Å². The molecule has 19 heavy (non-hydrogen) atoms. The van der Waals surface area contributed by atoms with Crippen molar-refractivity contribution < 1.29 is 4.79 Å². The number of hydrogen-bond acceptors (Lipinski definition) is 1. The third kappa shape index (κ3) is 4.40. The van der Waals surface area contributed by atoms with Crippen LogP contribution in [0.25, 0.3) is 12.2 Å². The Morgan fingerprint density at radius 2 is 1.42 bits per heavy atom. The van der Waals surface area contributed by atoms with E-state index in [1.54, 1.807) is 0 Å². The number of allylic oxidation sites excluding steroid dienone is 2. The van der Waals surface area contributed by atoms with Crippen LogP contribution in [0.4, 0.5) is 0 Å². The van der Waals surface area contributed by atoms with Crippen LogP contribution in [-0.4, -0.2) is 6.29 Å². The van der Waals surface area contributed by atoms with Gasteiger partial charge in [-0.25, -0.2) is 0 Å². The van der Waals surface area contributed by atoms with Crippen LogP contribution in [0.3, 0.4) is 0 Å². The van der Waals surface area contributed by atoms with Crippen LogP contribution in [0.2, 0.25) is 0 Å². The van der Waals surface area contributed by atoms with E-state index in [1.165, 1.54) is 0 Å². The summed E-state index contributed by atoms with van der Waals surface area (Å²) in [5.74, 6) is 0. The van der Waals surface area contributed by atoms with Crippen molar-refractivity contribution in [1.29, 1.82) is 0 Å². The monoisotopic (exact) mass is 248 g/mol. The third-order valence-corrected chi connectivity index (χ3v) is 2.77. The highest BCUT2D eigenvalue weighted by Crippen LogP contribution is 2.10. The highest BCUT2D eigenvalue weighted by molar-refractivity contribution is 5.82. The zero-order chi connectivity index (χ0) is 13.3. The Morgan fingerprint density at radius 1 is 0.842 bits per heavy atom. The smallest absolute Gasteiger partial charge is 0.146 e. The summed E-state index contributed by atoms with van der Waals surface area (Å²) < 4.78 is 0. The summed E-state index contributed by atoms with van der Waals surface area (Å²) in [6.45, 7) is 0. The molecule has 2 aromatic rings. The van der Waals surface area contributed by atoms with Crippen molar-refractivity contribution in [3.63, 3.8) is 0 Å². The first-order chi connectivity index (χ1) is 9.38. The molecule has 0 aliphatic heterocycles. The van der Waals surface area contributed by atoms with E-state index in [0.29, 0.717) is 6.42 Å². The first-order valence-electron chi connectivity index (χ1n) is 6.31. The summed E-state index contributed by atoms with van der Waals surface area (Å²) in [5.41, 5.74) is 2.98. The van der Waals surface area contributed by atoms with Gasteiger partial charge in [-0.3, -0.25) is 4.79 Å². The summed E-state index contributed by atoms with van der Waals surface area (Å²) in [7, 11) is 0. The highest BCUT2D eigenvalue weighted by atomic mass is 16.1. The lowest BCUT2D eigenvalue weighted by Gasteiger charge is -1.96. The van der Waals surface area contributed by atoms with Gasteiger partial charge in [-0.2, -0.15) is 0 Å². The molecule has 0 aromatic heterocycles. The van der Waals surface area contributed by atoms with Crippen molar-refractivity contribution in [3.8, 4) is 0 Å². The molecule has 0 unspecified atom stereocenters. The summed E-state index contributed by atoms with van der Waals surface area (Å²) in [6.07, 6.45) is 7.53.